The van der Waals surface area contributed by atoms with Crippen molar-refractivity contribution in [3.8, 4) is 0 Å². The fourth-order valence-corrected chi connectivity index (χ4v) is 4.47. The maximum absolute atomic E-state index is 10.0. The molecule has 1 aliphatic carbocycles. The molecular formula is C24H22OS. The van der Waals surface area contributed by atoms with E-state index in [9.17, 15) is 4.79 Å². The Labute approximate surface area is 158 Å². The van der Waals surface area contributed by atoms with Crippen LogP contribution in [0.5, 0.6) is 0 Å². The Balaban J connectivity index is 0.000000178. The van der Waals surface area contributed by atoms with E-state index in [2.05, 4.69) is 48.5 Å². The lowest BCUT2D eigenvalue weighted by Crippen LogP contribution is -2.02. The smallest absolute Gasteiger partial charge is 0.146 e. The van der Waals surface area contributed by atoms with Gasteiger partial charge in [-0.2, -0.15) is 0 Å². The highest BCUT2D eigenvalue weighted by atomic mass is 32.2. The Hall–Kier alpha value is -2.32. The number of carbonyl (C=O) groups excluding carboxylic acids is 1. The summed E-state index contributed by atoms with van der Waals surface area (Å²) in [6.07, 6.45) is 9.84. The maximum Gasteiger partial charge on any atom is 0.146 e. The molecule has 1 nitrogen and oxygen atoms in total. The van der Waals surface area contributed by atoms with Crippen molar-refractivity contribution in [3.05, 3.63) is 82.8 Å². The highest BCUT2D eigenvalue weighted by Crippen LogP contribution is 2.33. The topological polar surface area (TPSA) is 17.1 Å². The van der Waals surface area contributed by atoms with Crippen LogP contribution < -0.4 is 0 Å². The molecule has 0 unspecified atom stereocenters. The highest BCUT2D eigenvalue weighted by Gasteiger charge is 2.13. The molecule has 0 amide bonds. The van der Waals surface area contributed by atoms with Crippen molar-refractivity contribution in [3.63, 3.8) is 0 Å². The number of thioether (sulfide) groups is 1. The molecule has 0 fully saturated rings. The van der Waals surface area contributed by atoms with Gasteiger partial charge in [0, 0.05) is 11.3 Å². The number of carbonyl (C=O) groups is 1. The van der Waals surface area contributed by atoms with Crippen molar-refractivity contribution in [2.24, 2.45) is 0 Å². The summed E-state index contributed by atoms with van der Waals surface area (Å²) in [6.45, 7) is 0. The van der Waals surface area contributed by atoms with Gasteiger partial charge >= 0.3 is 0 Å². The van der Waals surface area contributed by atoms with Crippen molar-refractivity contribution in [2.45, 2.75) is 25.7 Å². The zero-order valence-electron chi connectivity index (χ0n) is 14.8. The Morgan fingerprint density at radius 2 is 1.69 bits per heavy atom. The van der Waals surface area contributed by atoms with Gasteiger partial charge in [-0.15, -0.1) is 11.8 Å². The molecule has 3 aromatic carbocycles. The molecule has 3 aromatic rings. The molecule has 0 spiro atoms. The van der Waals surface area contributed by atoms with E-state index in [-0.39, 0.29) is 0 Å². The summed E-state index contributed by atoms with van der Waals surface area (Å²) in [5.41, 5.74) is 4.05. The molecular weight excluding hydrogens is 336 g/mol. The lowest BCUT2D eigenvalue weighted by Gasteiger charge is -2.18. The van der Waals surface area contributed by atoms with E-state index in [0.717, 1.165) is 17.6 Å². The van der Waals surface area contributed by atoms with Gasteiger partial charge in [0.2, 0.25) is 0 Å². The second kappa shape index (κ2) is 7.92. The normalized spacial score (nSPS) is 15.8. The zero-order chi connectivity index (χ0) is 17.8. The number of aryl methyl sites for hydroxylation is 2. The molecule has 130 valence electrons. The third kappa shape index (κ3) is 3.47. The molecule has 5 rings (SSSR count). The van der Waals surface area contributed by atoms with Crippen LogP contribution in [0.3, 0.4) is 0 Å². The van der Waals surface area contributed by atoms with Gasteiger partial charge in [-0.1, -0.05) is 60.7 Å². The molecule has 26 heavy (non-hydrogen) atoms. The van der Waals surface area contributed by atoms with Crippen molar-refractivity contribution < 1.29 is 4.79 Å². The van der Waals surface area contributed by atoms with Gasteiger partial charge in [0.05, 0.1) is 0 Å². The summed E-state index contributed by atoms with van der Waals surface area (Å²) in [7, 11) is 0. The molecule has 0 atom stereocenters. The van der Waals surface area contributed by atoms with Crippen LogP contribution in [-0.2, 0) is 17.6 Å². The molecule has 2 heteroatoms. The SMILES string of the molecule is O=CC1=CC=CSC1.c1ccc2c(c1)ccc1c3c(ccc12)CCCC3. The number of rotatable bonds is 1. The lowest BCUT2D eigenvalue weighted by atomic mass is 9.86. The Morgan fingerprint density at radius 1 is 0.846 bits per heavy atom. The number of hydrogen-bond acceptors (Lipinski definition) is 2. The average molecular weight is 359 g/mol. The average Bonchev–Trinajstić information content (AvgIpc) is 2.74. The molecule has 0 bridgehead atoms. The maximum atomic E-state index is 10.0. The van der Waals surface area contributed by atoms with Crippen LogP contribution >= 0.6 is 11.8 Å². The van der Waals surface area contributed by atoms with Gasteiger partial charge in [-0.05, 0) is 63.8 Å². The van der Waals surface area contributed by atoms with Crippen LogP contribution in [0.15, 0.2) is 71.7 Å². The van der Waals surface area contributed by atoms with E-state index < -0.39 is 0 Å². The molecule has 0 saturated heterocycles. The molecule has 0 N–H and O–H groups in total. The third-order valence-corrected chi connectivity index (χ3v) is 5.99. The Morgan fingerprint density at radius 3 is 2.50 bits per heavy atom. The van der Waals surface area contributed by atoms with Crippen LogP contribution in [-0.4, -0.2) is 12.0 Å². The van der Waals surface area contributed by atoms with E-state index >= 15 is 0 Å². The van der Waals surface area contributed by atoms with Crippen molar-refractivity contribution in [1.82, 2.24) is 0 Å². The van der Waals surface area contributed by atoms with Crippen molar-refractivity contribution >= 4 is 39.6 Å². The zero-order valence-corrected chi connectivity index (χ0v) is 15.6. The molecule has 0 saturated carbocycles. The minimum atomic E-state index is 0.833. The first-order valence-corrected chi connectivity index (χ1v) is 10.3. The van der Waals surface area contributed by atoms with E-state index in [1.807, 2.05) is 17.6 Å². The Bertz CT molecular complexity index is 1010. The second-order valence-electron chi connectivity index (χ2n) is 6.79. The van der Waals surface area contributed by atoms with Crippen LogP contribution in [0.25, 0.3) is 21.5 Å². The van der Waals surface area contributed by atoms with Crippen LogP contribution in [0.2, 0.25) is 0 Å². The highest BCUT2D eigenvalue weighted by molar-refractivity contribution is 8.02. The number of fused-ring (bicyclic) bond motifs is 5. The quantitative estimate of drug-likeness (QED) is 0.378. The monoisotopic (exact) mass is 358 g/mol. The lowest BCUT2D eigenvalue weighted by molar-refractivity contribution is -0.104. The second-order valence-corrected chi connectivity index (χ2v) is 7.69. The van der Waals surface area contributed by atoms with Crippen molar-refractivity contribution in [1.29, 1.82) is 0 Å². The molecule has 0 aromatic heterocycles. The first-order valence-electron chi connectivity index (χ1n) is 9.21. The van der Waals surface area contributed by atoms with Crippen molar-refractivity contribution in [2.75, 3.05) is 5.75 Å². The van der Waals surface area contributed by atoms with Crippen LogP contribution in [0.4, 0.5) is 0 Å². The number of hydrogen-bond donors (Lipinski definition) is 0. The summed E-state index contributed by atoms with van der Waals surface area (Å²) in [6, 6.07) is 18.0. The Kier molecular flexibility index (Phi) is 5.21. The summed E-state index contributed by atoms with van der Waals surface area (Å²) >= 11 is 1.65. The van der Waals surface area contributed by atoms with Crippen LogP contribution in [0.1, 0.15) is 24.0 Å². The predicted molar refractivity (Wildman–Crippen MR) is 114 cm³/mol. The molecule has 1 aliphatic heterocycles. The van der Waals surface area contributed by atoms with Gasteiger partial charge in [-0.3, -0.25) is 4.79 Å². The summed E-state index contributed by atoms with van der Waals surface area (Å²) in [4.78, 5) is 10.0. The fourth-order valence-electron chi connectivity index (χ4n) is 3.83. The predicted octanol–water partition coefficient (Wildman–Crippen LogP) is 6.24. The van der Waals surface area contributed by atoms with E-state index in [1.165, 1.54) is 47.2 Å². The standard InChI is InChI=1S/C18H16.C6H6OS/c1-3-7-15-13(5-1)9-11-18-16-8-4-2-6-14(16)10-12-17(15)18;7-4-6-2-1-3-8-5-6/h1,3,5,7,9-12H,2,4,6,8H2;1-4H,5H2. The molecule has 2 aliphatic rings. The van der Waals surface area contributed by atoms with E-state index in [4.69, 9.17) is 0 Å². The first kappa shape index (κ1) is 17.1. The largest absolute Gasteiger partial charge is 0.298 e. The number of benzene rings is 3. The summed E-state index contributed by atoms with van der Waals surface area (Å²) in [5, 5.41) is 7.62. The van der Waals surface area contributed by atoms with Gasteiger partial charge in [0.15, 0.2) is 0 Å². The minimum Gasteiger partial charge on any atom is -0.298 e. The first-order chi connectivity index (χ1) is 12.9. The third-order valence-electron chi connectivity index (χ3n) is 5.14. The molecule has 0 radical (unpaired) electrons. The van der Waals surface area contributed by atoms with Gasteiger partial charge in [0.25, 0.3) is 0 Å². The number of allylic oxidation sites excluding steroid dienone is 2. The van der Waals surface area contributed by atoms with Gasteiger partial charge < -0.3 is 0 Å². The van der Waals surface area contributed by atoms with Gasteiger partial charge in [0.1, 0.15) is 6.29 Å². The summed E-state index contributed by atoms with van der Waals surface area (Å²) < 4.78 is 0. The van der Waals surface area contributed by atoms with Gasteiger partial charge in [-0.25, -0.2) is 0 Å². The van der Waals surface area contributed by atoms with Crippen LogP contribution in [0, 0.1) is 0 Å². The molecule has 1 heterocycles. The van der Waals surface area contributed by atoms with E-state index in [0.29, 0.717) is 0 Å². The van der Waals surface area contributed by atoms with E-state index in [1.54, 1.807) is 22.9 Å². The summed E-state index contributed by atoms with van der Waals surface area (Å²) in [5.74, 6) is 0.833. The number of aldehydes is 1. The minimum absolute atomic E-state index is 0.833. The fraction of sp³-hybridized carbons (Fsp3) is 0.208.